The lowest BCUT2D eigenvalue weighted by molar-refractivity contribution is -0.187. The van der Waals surface area contributed by atoms with E-state index in [-0.39, 0.29) is 0 Å². The number of halogens is 1. The van der Waals surface area contributed by atoms with Gasteiger partial charge in [-0.05, 0) is 42.4 Å². The second-order valence-corrected chi connectivity index (χ2v) is 8.48. The molecule has 0 amide bonds. The Labute approximate surface area is 108 Å². The van der Waals surface area contributed by atoms with E-state index >= 15 is 0 Å². The minimum absolute atomic E-state index is 0.654. The molecule has 0 spiro atoms. The lowest BCUT2D eigenvalue weighted by Gasteiger charge is -2.76. The monoisotopic (exact) mass is 318 g/mol. The Balaban J connectivity index is 1.99. The highest BCUT2D eigenvalue weighted by Crippen LogP contribution is 2.78. The van der Waals surface area contributed by atoms with Crippen molar-refractivity contribution in [2.45, 2.75) is 68.6 Å². The summed E-state index contributed by atoms with van der Waals surface area (Å²) in [5, 5.41) is 0. The maximum absolute atomic E-state index is 2.87. The molecule has 3 fully saturated rings. The van der Waals surface area contributed by atoms with Gasteiger partial charge in [0.15, 0.2) is 0 Å². The molecule has 0 aromatic carbocycles. The summed E-state index contributed by atoms with van der Waals surface area (Å²) in [5.41, 5.74) is 1.39. The zero-order valence-corrected chi connectivity index (χ0v) is 12.3. The first-order chi connectivity index (χ1) is 7.05. The number of hydrogen-bond acceptors (Lipinski definition) is 0. The van der Waals surface area contributed by atoms with Gasteiger partial charge in [0.2, 0.25) is 0 Å². The maximum atomic E-state index is 2.87. The van der Waals surface area contributed by atoms with Crippen LogP contribution in [0.5, 0.6) is 0 Å². The van der Waals surface area contributed by atoms with E-state index in [0.717, 1.165) is 5.92 Å². The van der Waals surface area contributed by atoms with Gasteiger partial charge in [-0.3, -0.25) is 0 Å². The molecule has 1 heteroatoms. The number of rotatable bonds is 0. The summed E-state index contributed by atoms with van der Waals surface area (Å²) < 4.78 is 0.654. The average molecular weight is 318 g/mol. The minimum Gasteiger partial charge on any atom is -0.0777 e. The van der Waals surface area contributed by atoms with Gasteiger partial charge in [-0.15, -0.1) is 0 Å². The van der Waals surface area contributed by atoms with Crippen molar-refractivity contribution in [1.82, 2.24) is 0 Å². The van der Waals surface area contributed by atoms with E-state index in [1.807, 2.05) is 0 Å². The predicted octanol–water partition coefficient (Wildman–Crippen LogP) is 4.95. The average Bonchev–Trinajstić information content (AvgIpc) is 2.22. The lowest BCUT2D eigenvalue weighted by Crippen LogP contribution is -2.73. The Morgan fingerprint density at radius 2 is 1.40 bits per heavy atom. The van der Waals surface area contributed by atoms with Crippen LogP contribution in [0.2, 0.25) is 0 Å². The Kier molecular flexibility index (Phi) is 2.27. The summed E-state index contributed by atoms with van der Waals surface area (Å²) in [5.74, 6) is 1.05. The summed E-state index contributed by atoms with van der Waals surface area (Å²) in [6.45, 7) is 5.21. The van der Waals surface area contributed by atoms with Gasteiger partial charge in [-0.1, -0.05) is 62.1 Å². The molecule has 4 atom stereocenters. The van der Waals surface area contributed by atoms with E-state index in [1.54, 1.807) is 0 Å². The van der Waals surface area contributed by atoms with Crippen LogP contribution in [0.25, 0.3) is 0 Å². The van der Waals surface area contributed by atoms with Crippen molar-refractivity contribution in [1.29, 1.82) is 0 Å². The molecule has 3 rings (SSSR count). The molecular formula is C14H23I. The maximum Gasteiger partial charge on any atom is 0.0335 e. The summed E-state index contributed by atoms with van der Waals surface area (Å²) >= 11 is 2.87. The van der Waals surface area contributed by atoms with Crippen molar-refractivity contribution in [3.63, 3.8) is 0 Å². The van der Waals surface area contributed by atoms with Gasteiger partial charge in [0, 0.05) is 3.42 Å². The normalized spacial score (nSPS) is 59.0. The summed E-state index contributed by atoms with van der Waals surface area (Å²) in [7, 11) is 0. The van der Waals surface area contributed by atoms with E-state index in [0.29, 0.717) is 14.3 Å². The molecule has 0 heterocycles. The SMILES string of the molecule is CC12CCCCC1C1(C)CCCCC21I. The number of hydrogen-bond donors (Lipinski definition) is 0. The smallest absolute Gasteiger partial charge is 0.0335 e. The van der Waals surface area contributed by atoms with Crippen molar-refractivity contribution in [2.75, 3.05) is 0 Å². The Hall–Kier alpha value is 0.730. The minimum atomic E-state index is 0.654. The topological polar surface area (TPSA) is 0 Å². The molecule has 0 aromatic rings. The van der Waals surface area contributed by atoms with Crippen LogP contribution in [0.4, 0.5) is 0 Å². The van der Waals surface area contributed by atoms with Crippen LogP contribution >= 0.6 is 22.6 Å². The first-order valence-corrected chi connectivity index (χ1v) is 7.81. The van der Waals surface area contributed by atoms with Gasteiger partial charge >= 0.3 is 0 Å². The van der Waals surface area contributed by atoms with Crippen LogP contribution in [0.15, 0.2) is 0 Å². The fourth-order valence-corrected chi connectivity index (χ4v) is 7.16. The molecule has 0 radical (unpaired) electrons. The Bertz CT molecular complexity index is 267. The molecule has 3 aliphatic rings. The molecular weight excluding hydrogens is 295 g/mol. The Morgan fingerprint density at radius 1 is 0.867 bits per heavy atom. The van der Waals surface area contributed by atoms with Crippen LogP contribution in [0.1, 0.15) is 65.2 Å². The predicted molar refractivity (Wildman–Crippen MR) is 73.4 cm³/mol. The van der Waals surface area contributed by atoms with Gasteiger partial charge in [0.25, 0.3) is 0 Å². The molecule has 0 bridgehead atoms. The van der Waals surface area contributed by atoms with E-state index in [9.17, 15) is 0 Å². The van der Waals surface area contributed by atoms with Crippen LogP contribution in [0, 0.1) is 16.7 Å². The van der Waals surface area contributed by atoms with Gasteiger partial charge < -0.3 is 0 Å². The van der Waals surface area contributed by atoms with Crippen molar-refractivity contribution in [3.05, 3.63) is 0 Å². The van der Waals surface area contributed by atoms with Crippen molar-refractivity contribution in [2.24, 2.45) is 16.7 Å². The second kappa shape index (κ2) is 3.14. The van der Waals surface area contributed by atoms with Gasteiger partial charge in [-0.25, -0.2) is 0 Å². The fraction of sp³-hybridized carbons (Fsp3) is 1.00. The molecule has 86 valence electrons. The van der Waals surface area contributed by atoms with Gasteiger partial charge in [0.05, 0.1) is 0 Å². The zero-order chi connectivity index (χ0) is 10.7. The van der Waals surface area contributed by atoms with Crippen LogP contribution < -0.4 is 0 Å². The van der Waals surface area contributed by atoms with E-state index in [1.165, 1.54) is 51.4 Å². The van der Waals surface area contributed by atoms with Crippen molar-refractivity contribution < 1.29 is 0 Å². The van der Waals surface area contributed by atoms with Crippen LogP contribution in [-0.4, -0.2) is 3.42 Å². The molecule has 0 N–H and O–H groups in total. The highest BCUT2D eigenvalue weighted by Gasteiger charge is 2.73. The van der Waals surface area contributed by atoms with Gasteiger partial charge in [-0.2, -0.15) is 0 Å². The number of fused-ring (bicyclic) bond motifs is 4. The van der Waals surface area contributed by atoms with E-state index in [2.05, 4.69) is 36.4 Å². The zero-order valence-electron chi connectivity index (χ0n) is 10.1. The highest BCUT2D eigenvalue weighted by molar-refractivity contribution is 14.1. The molecule has 0 nitrogen and oxygen atoms in total. The van der Waals surface area contributed by atoms with E-state index < -0.39 is 0 Å². The van der Waals surface area contributed by atoms with Crippen molar-refractivity contribution >= 4 is 22.6 Å². The highest BCUT2D eigenvalue weighted by atomic mass is 127. The first kappa shape index (κ1) is 10.9. The summed E-state index contributed by atoms with van der Waals surface area (Å²) in [6, 6.07) is 0. The molecule has 3 saturated carbocycles. The van der Waals surface area contributed by atoms with Crippen molar-refractivity contribution in [3.8, 4) is 0 Å². The largest absolute Gasteiger partial charge is 0.0777 e. The number of alkyl halides is 1. The van der Waals surface area contributed by atoms with Crippen LogP contribution in [-0.2, 0) is 0 Å². The molecule has 0 aliphatic heterocycles. The summed E-state index contributed by atoms with van der Waals surface area (Å²) in [6.07, 6.45) is 12.0. The lowest BCUT2D eigenvalue weighted by atomic mass is 9.34. The molecule has 3 aliphatic carbocycles. The summed E-state index contributed by atoms with van der Waals surface area (Å²) in [4.78, 5) is 0. The van der Waals surface area contributed by atoms with Gasteiger partial charge in [0.1, 0.15) is 0 Å². The molecule has 4 unspecified atom stereocenters. The quantitative estimate of drug-likeness (QED) is 0.438. The molecule has 0 saturated heterocycles. The third kappa shape index (κ3) is 1.05. The first-order valence-electron chi connectivity index (χ1n) is 6.74. The Morgan fingerprint density at radius 3 is 2.07 bits per heavy atom. The molecule has 15 heavy (non-hydrogen) atoms. The third-order valence-corrected chi connectivity index (χ3v) is 9.26. The van der Waals surface area contributed by atoms with E-state index in [4.69, 9.17) is 0 Å². The molecule has 0 aromatic heterocycles. The third-order valence-electron chi connectivity index (χ3n) is 6.25. The fourth-order valence-electron chi connectivity index (χ4n) is 5.48. The standard InChI is InChI=1S/C14H23I/c1-12-8-4-3-7-11(12)13(2)9-5-6-10-14(12,13)15/h11H,3-10H2,1-2H3. The van der Waals surface area contributed by atoms with Crippen LogP contribution in [0.3, 0.4) is 0 Å². The second-order valence-electron chi connectivity index (χ2n) is 6.64.